The van der Waals surface area contributed by atoms with Crippen LogP contribution in [0.5, 0.6) is 0 Å². The summed E-state index contributed by atoms with van der Waals surface area (Å²) in [6, 6.07) is 140. The second kappa shape index (κ2) is 49.9. The summed E-state index contributed by atoms with van der Waals surface area (Å²) in [6.07, 6.45) is 11.8. The summed E-state index contributed by atoms with van der Waals surface area (Å²) in [5, 5.41) is 22.5. The van der Waals surface area contributed by atoms with Crippen molar-refractivity contribution in [2.24, 2.45) is 23.3 Å². The van der Waals surface area contributed by atoms with Gasteiger partial charge in [-0.25, -0.2) is 9.36 Å². The molecule has 2 fully saturated rings. The van der Waals surface area contributed by atoms with Crippen molar-refractivity contribution >= 4 is 164 Å². The molecule has 0 bridgehead atoms. The summed E-state index contributed by atoms with van der Waals surface area (Å²) >= 11 is 28.9. The number of H-pyrrole nitrogens is 1. The minimum atomic E-state index is 0. The number of para-hydroxylation sites is 4. The van der Waals surface area contributed by atoms with Crippen molar-refractivity contribution in [1.82, 2.24) is 45.0 Å². The summed E-state index contributed by atoms with van der Waals surface area (Å²) in [5.41, 5.74) is 38.8. The molecule has 5 heterocycles. The van der Waals surface area contributed by atoms with Crippen molar-refractivity contribution in [3.63, 3.8) is 0 Å². The van der Waals surface area contributed by atoms with E-state index < -0.39 is 0 Å². The molecule has 134 heavy (non-hydrogen) atoms. The third kappa shape index (κ3) is 25.2. The molecule has 3 aliphatic rings. The van der Waals surface area contributed by atoms with Gasteiger partial charge in [0.15, 0.2) is 0 Å². The molecule has 0 aliphatic heterocycles. The maximum absolute atomic E-state index is 5.78. The van der Waals surface area contributed by atoms with E-state index in [-0.39, 0.29) is 6.15 Å². The van der Waals surface area contributed by atoms with Crippen LogP contribution >= 0.6 is 120 Å². The number of halogens is 7. The number of fused-ring (bicyclic) bond motifs is 9. The Bertz CT molecular complexity index is 6720. The summed E-state index contributed by atoms with van der Waals surface area (Å²) < 4.78 is 14.1. The zero-order valence-electron chi connectivity index (χ0n) is 74.0. The molecule has 3 aliphatic carbocycles. The summed E-state index contributed by atoms with van der Waals surface area (Å²) in [6.45, 7) is 4.51. The summed E-state index contributed by atoms with van der Waals surface area (Å²) in [7, 11) is 0. The van der Waals surface area contributed by atoms with E-state index in [4.69, 9.17) is 21.7 Å². The van der Waals surface area contributed by atoms with Crippen LogP contribution in [-0.2, 0) is 31.9 Å². The van der Waals surface area contributed by atoms with Gasteiger partial charge >= 0.3 is 66.2 Å². The van der Waals surface area contributed by atoms with Crippen LogP contribution in [0.25, 0.3) is 145 Å². The minimum Gasteiger partial charge on any atom is -0.309 e. The van der Waals surface area contributed by atoms with Crippen molar-refractivity contribution in [1.29, 1.82) is 0 Å². The molecule has 11 nitrogen and oxygen atoms in total. The number of aromatic amines is 1. The number of benzene rings is 15. The molecule has 684 valence electrons. The van der Waals surface area contributed by atoms with Crippen LogP contribution in [0.15, 0.2) is 423 Å². The molecule has 0 unspecified atom stereocenters. The molecule has 8 N–H and O–H groups in total. The molecule has 0 amide bonds. The fourth-order valence-corrected chi connectivity index (χ4v) is 21.1. The number of aromatic nitrogens is 8. The van der Waals surface area contributed by atoms with Crippen LogP contribution < -0.4 is 17.6 Å². The topological polar surface area (TPSA) is 161 Å². The Morgan fingerprint density at radius 3 is 0.910 bits per heavy atom. The minimum absolute atomic E-state index is 0. The van der Waals surface area contributed by atoms with Crippen LogP contribution in [0.2, 0.25) is 0 Å². The quantitative estimate of drug-likeness (QED) is 0.0787. The van der Waals surface area contributed by atoms with Gasteiger partial charge < -0.3 is 26.8 Å². The van der Waals surface area contributed by atoms with Crippen molar-refractivity contribution in [3.05, 3.63) is 434 Å². The molecule has 4 atom stereocenters. The van der Waals surface area contributed by atoms with Crippen molar-refractivity contribution in [3.8, 4) is 101 Å². The SMILES string of the molecule is Brc1cc(Br)cc(-n2nc(-c3ccccc3)cc2-c2ccccc2)c1.Brc1cc(Br)cc(Br)c1.C[C@@H]1CCCC[C@H]1N.C[C@@H]1CCCC[C@H]1N.N.[Cu][I].[Cu][I].c1ccc(-c2cc(-c3ccccc3)[nH]n2)cc1.c1ccc(-c2cc(-c3ccccc3)n(-c3cc(-n4c5ccccc5c5ccccc54)cc(-n4c5ccccc5c5ccccc54)c3)n2)cc1.c1ccc2c(c1)Cc1ccccc1-2. The maximum Gasteiger partial charge on any atom is 0.0934 e. The van der Waals surface area contributed by atoms with Gasteiger partial charge in [-0.15, -0.1) is 0 Å². The van der Waals surface area contributed by atoms with E-state index in [1.807, 2.05) is 108 Å². The van der Waals surface area contributed by atoms with E-state index in [2.05, 4.69) is 440 Å². The molecule has 0 spiro atoms. The first-order valence-corrected chi connectivity index (χ1v) is 54.4. The predicted octanol–water partition coefficient (Wildman–Crippen LogP) is 34.1. The average molecular weight is 2410 g/mol. The number of hydrogen-bond donors (Lipinski definition) is 4. The van der Waals surface area contributed by atoms with E-state index in [1.54, 1.807) is 40.7 Å². The first-order chi connectivity index (χ1) is 65.2. The van der Waals surface area contributed by atoms with Crippen LogP contribution in [-0.4, -0.2) is 51.0 Å². The van der Waals surface area contributed by atoms with Crippen LogP contribution in [0.4, 0.5) is 0 Å². The molecule has 20 heteroatoms. The number of rotatable bonds is 10. The Balaban J connectivity index is 0.000000141. The fraction of sp³-hybridized carbons (Fsp3) is 0.132. The normalized spacial score (nSPS) is 14.3. The smallest absolute Gasteiger partial charge is 0.0934 e. The molecule has 5 aromatic heterocycles. The van der Waals surface area contributed by atoms with Gasteiger partial charge in [-0.3, -0.25) is 5.10 Å². The van der Waals surface area contributed by atoms with Crippen molar-refractivity contribution in [2.75, 3.05) is 0 Å². The zero-order chi connectivity index (χ0) is 92.5. The number of hydrogen-bond acceptors (Lipinski definition) is 6. The Kier molecular flexibility index (Phi) is 37.3. The monoisotopic (exact) mass is 2400 g/mol. The second-order valence-electron chi connectivity index (χ2n) is 33.0. The van der Waals surface area contributed by atoms with Crippen LogP contribution in [0, 0.1) is 11.8 Å². The summed E-state index contributed by atoms with van der Waals surface area (Å²) in [5.74, 6) is 1.56. The Morgan fingerprint density at radius 1 is 0.299 bits per heavy atom. The van der Waals surface area contributed by atoms with Gasteiger partial charge in [-0.05, 0) is 169 Å². The largest absolute Gasteiger partial charge is 0.309 e. The number of nitrogens with two attached hydrogens (primary N) is 2. The van der Waals surface area contributed by atoms with E-state index >= 15 is 0 Å². The molecule has 0 radical (unpaired) electrons. The van der Waals surface area contributed by atoms with Gasteiger partial charge in [0, 0.05) is 83.8 Å². The third-order valence-corrected chi connectivity index (χ3v) is 26.5. The van der Waals surface area contributed by atoms with Crippen molar-refractivity contribution in [2.45, 2.75) is 83.7 Å². The van der Waals surface area contributed by atoms with E-state index in [0.29, 0.717) is 12.1 Å². The van der Waals surface area contributed by atoms with E-state index in [1.165, 1.54) is 117 Å². The molecule has 20 aromatic rings. The number of nitrogens with zero attached hydrogens (tertiary/aromatic N) is 7. The zero-order valence-corrected chi connectivity index (χ0v) is 88.1. The molecular weight excluding hydrogens is 2300 g/mol. The number of nitrogens with one attached hydrogen (secondary N) is 1. The van der Waals surface area contributed by atoms with Gasteiger partial charge in [0.1, 0.15) is 0 Å². The van der Waals surface area contributed by atoms with Gasteiger partial charge in [0.05, 0.1) is 79.0 Å². The van der Waals surface area contributed by atoms with Crippen molar-refractivity contribution < 1.29 is 25.5 Å². The van der Waals surface area contributed by atoms with Gasteiger partial charge in [-0.2, -0.15) is 15.3 Å². The predicted molar refractivity (Wildman–Crippen MR) is 591 cm³/mol. The summed E-state index contributed by atoms with van der Waals surface area (Å²) in [4.78, 5) is 0. The van der Waals surface area contributed by atoms with E-state index in [9.17, 15) is 0 Å². The molecule has 23 rings (SSSR count). The van der Waals surface area contributed by atoms with Gasteiger partial charge in [0.2, 0.25) is 0 Å². The first kappa shape index (κ1) is 100. The molecular formula is C114H102Br5Cu2I2N11. The van der Waals surface area contributed by atoms with Crippen LogP contribution in [0.3, 0.4) is 0 Å². The Morgan fingerprint density at radius 2 is 0.575 bits per heavy atom. The molecule has 2 saturated carbocycles. The Labute approximate surface area is 867 Å². The second-order valence-corrected chi connectivity index (χ2v) is 37.6. The third-order valence-electron chi connectivity index (χ3n) is 24.2. The standard InChI is InChI=1S/C45H30N4.C21H14Br2N2.C15H12N2.C13H10.2C7H15N.C6H3Br3.2Cu.2HI.H3N/c1-3-15-31(16-4-1)40-30-45(32-17-5-2-6-18-32)49(46-40)35-28-33(47-41-23-11-7-19-36(41)37-20-8-12-24-42(37)47)27-34(29-35)48-43-25-13-9-21-38(43)39-22-10-14-26-44(39)48;22-17-11-18(23)13-19(12-17)25-21(16-9-5-2-6-10-16)14-20(24-25)15-7-3-1-4-8-15;1-3-7-12(8-4-1)14-11-15(17-16-14)13-9-5-2-6-10-13;1-3-7-12-10(5-1)9-11-6-2-4-8-13(11)12;2*1-6-4-2-3-5-7(6)8;7-4-1-5(8)3-6(9)2-4;;;;;/h1-30H;1-14H;1-11H,(H,16,17);1-8H,9H2;2*6-7H,2-5,8H2,1H3;1-3H;;;2*1H;1H3/q;;;;;;;2*+1;;;/p-2/t;;;;2*6-,7-;;;;;;/m....11....../s1. The maximum atomic E-state index is 5.78. The first-order valence-electron chi connectivity index (χ1n) is 44.4. The van der Waals surface area contributed by atoms with Crippen LogP contribution in [0.1, 0.15) is 76.3 Å². The average Bonchev–Trinajstić information content (AvgIpc) is 1.58. The molecule has 15 aromatic carbocycles. The van der Waals surface area contributed by atoms with Gasteiger partial charge in [-0.1, -0.05) is 422 Å². The fourth-order valence-electron chi connectivity index (χ4n) is 17.4. The van der Waals surface area contributed by atoms with Gasteiger partial charge in [0.25, 0.3) is 0 Å². The molecule has 0 saturated heterocycles. The van der Waals surface area contributed by atoms with E-state index in [0.717, 1.165) is 131 Å². The Hall–Kier alpha value is -9.69.